The van der Waals surface area contributed by atoms with Crippen molar-refractivity contribution in [3.05, 3.63) is 169 Å². The van der Waals surface area contributed by atoms with Crippen LogP contribution in [-0.4, -0.2) is 47.5 Å². The average Bonchev–Trinajstić information content (AvgIpc) is 3.34. The summed E-state index contributed by atoms with van der Waals surface area (Å²) in [6.07, 6.45) is 6.01. The second kappa shape index (κ2) is 17.8. The molecule has 6 aromatic heterocycles. The molecule has 0 bridgehead atoms. The Morgan fingerprint density at radius 3 is 1.23 bits per heavy atom. The first-order valence-electron chi connectivity index (χ1n) is 22.2. The Hall–Kier alpha value is -8.05. The van der Waals surface area contributed by atoms with Gasteiger partial charge in [-0.25, -0.2) is 0 Å². The molecule has 1 aliphatic carbocycles. The second-order valence-electron chi connectivity index (χ2n) is 17.3. The Balaban J connectivity index is 0.874. The van der Waals surface area contributed by atoms with E-state index in [1.165, 1.54) is 0 Å². The van der Waals surface area contributed by atoms with Crippen LogP contribution in [0.25, 0.3) is 66.5 Å². The molecule has 1 fully saturated rings. The zero-order valence-electron chi connectivity index (χ0n) is 36.8. The van der Waals surface area contributed by atoms with Gasteiger partial charge in [0.15, 0.2) is 0 Å². The van der Waals surface area contributed by atoms with Gasteiger partial charge in [0.1, 0.15) is 5.78 Å². The van der Waals surface area contributed by atoms with Gasteiger partial charge in [-0.1, -0.05) is 78.9 Å². The lowest BCUT2D eigenvalue weighted by molar-refractivity contribution is -0.130. The lowest BCUT2D eigenvalue weighted by atomic mass is 9.72. The number of aromatic nitrogens is 6. The Kier molecular flexibility index (Phi) is 11.3. The van der Waals surface area contributed by atoms with E-state index in [1.54, 1.807) is 18.6 Å². The first-order valence-corrected chi connectivity index (χ1v) is 22.2. The van der Waals surface area contributed by atoms with Crippen LogP contribution < -0.4 is 10.6 Å². The molecule has 6 heterocycles. The van der Waals surface area contributed by atoms with Crippen molar-refractivity contribution in [3.8, 4) is 33.8 Å². The summed E-state index contributed by atoms with van der Waals surface area (Å²) in [5.74, 6) is -2.34. The van der Waals surface area contributed by atoms with Crippen LogP contribution in [0.2, 0.25) is 0 Å². The number of amides is 2. The maximum Gasteiger partial charge on any atom is 0.227 e. The van der Waals surface area contributed by atoms with Gasteiger partial charge in [0.25, 0.3) is 0 Å². The Morgan fingerprint density at radius 2 is 0.848 bits per heavy atom. The molecule has 1 aliphatic rings. The van der Waals surface area contributed by atoms with Gasteiger partial charge in [0, 0.05) is 80.3 Å². The van der Waals surface area contributed by atoms with Crippen LogP contribution in [0.1, 0.15) is 41.9 Å². The summed E-state index contributed by atoms with van der Waals surface area (Å²) in [4.78, 5) is 70.9. The van der Waals surface area contributed by atoms with Gasteiger partial charge in [-0.05, 0) is 94.1 Å². The van der Waals surface area contributed by atoms with Crippen molar-refractivity contribution in [2.75, 3.05) is 10.6 Å². The lowest BCUT2D eigenvalue weighted by Crippen LogP contribution is -2.39. The zero-order valence-corrected chi connectivity index (χ0v) is 36.8. The van der Waals surface area contributed by atoms with Crippen molar-refractivity contribution in [1.82, 2.24) is 29.9 Å². The number of nitrogens with zero attached hydrogens (tertiary/aromatic N) is 6. The Morgan fingerprint density at radius 1 is 0.455 bits per heavy atom. The molecule has 2 unspecified atom stereocenters. The van der Waals surface area contributed by atoms with Gasteiger partial charge in [0.2, 0.25) is 11.8 Å². The van der Waals surface area contributed by atoms with E-state index in [9.17, 15) is 14.4 Å². The van der Waals surface area contributed by atoms with Crippen LogP contribution >= 0.6 is 0 Å². The summed E-state index contributed by atoms with van der Waals surface area (Å²) in [5.41, 5.74) is 12.1. The fraction of sp³-hybridized carbons (Fsp3) is 0.182. The predicted octanol–water partition coefficient (Wildman–Crippen LogP) is 10.9. The quantitative estimate of drug-likeness (QED) is 0.137. The van der Waals surface area contributed by atoms with E-state index >= 15 is 0 Å². The largest absolute Gasteiger partial charge is 0.324 e. The fourth-order valence-corrected chi connectivity index (χ4v) is 9.14. The minimum absolute atomic E-state index is 0.0443. The molecule has 66 heavy (non-hydrogen) atoms. The number of fused-ring (bicyclic) bond motifs is 3. The minimum atomic E-state index is -0.612. The summed E-state index contributed by atoms with van der Waals surface area (Å²) >= 11 is 0. The molecule has 0 saturated heterocycles. The number of nitrogens with one attached hydrogen (secondary N) is 2. The van der Waals surface area contributed by atoms with E-state index in [0.29, 0.717) is 24.2 Å². The lowest BCUT2D eigenvalue weighted by Gasteiger charge is -2.33. The predicted molar refractivity (Wildman–Crippen MR) is 259 cm³/mol. The number of pyridine rings is 6. The van der Waals surface area contributed by atoms with Crippen LogP contribution in [0.4, 0.5) is 11.4 Å². The third-order valence-corrected chi connectivity index (χ3v) is 12.6. The molecule has 3 aromatic carbocycles. The van der Waals surface area contributed by atoms with Crippen molar-refractivity contribution < 1.29 is 14.4 Å². The van der Waals surface area contributed by atoms with E-state index in [4.69, 9.17) is 29.9 Å². The van der Waals surface area contributed by atoms with Gasteiger partial charge in [-0.3, -0.25) is 44.3 Å². The van der Waals surface area contributed by atoms with Gasteiger partial charge < -0.3 is 10.6 Å². The molecule has 2 amide bonds. The highest BCUT2D eigenvalue weighted by Gasteiger charge is 2.39. The third-order valence-electron chi connectivity index (χ3n) is 12.6. The number of para-hydroxylation sites is 3. The molecular formula is C55H46N8O3. The van der Waals surface area contributed by atoms with Crippen LogP contribution in [-0.2, 0) is 20.8 Å². The van der Waals surface area contributed by atoms with E-state index in [-0.39, 0.29) is 30.4 Å². The molecule has 10 rings (SSSR count). The molecular weight excluding hydrogens is 821 g/mol. The number of carbonyl (C=O) groups excluding carboxylic acids is 3. The zero-order chi connectivity index (χ0) is 45.3. The number of rotatable bonds is 10. The van der Waals surface area contributed by atoms with Crippen molar-refractivity contribution in [3.63, 3.8) is 0 Å². The van der Waals surface area contributed by atoms with Crippen molar-refractivity contribution in [2.45, 2.75) is 46.5 Å². The molecule has 0 spiro atoms. The summed E-state index contributed by atoms with van der Waals surface area (Å²) in [7, 11) is 0. The summed E-state index contributed by atoms with van der Waals surface area (Å²) < 4.78 is 0. The Bertz CT molecular complexity index is 2960. The smallest absolute Gasteiger partial charge is 0.227 e. The fourth-order valence-electron chi connectivity index (χ4n) is 9.14. The average molecular weight is 867 g/mol. The number of benzene rings is 3. The molecule has 11 heteroatoms. The van der Waals surface area contributed by atoms with Gasteiger partial charge in [0.05, 0.1) is 57.4 Å². The van der Waals surface area contributed by atoms with Gasteiger partial charge in [-0.2, -0.15) is 0 Å². The van der Waals surface area contributed by atoms with E-state index < -0.39 is 17.8 Å². The van der Waals surface area contributed by atoms with E-state index in [0.717, 1.165) is 89.1 Å². The van der Waals surface area contributed by atoms with Crippen molar-refractivity contribution >= 4 is 61.7 Å². The standard InChI is InChI=1S/C55H46N8O3/c1-32-13-17-36-7-4-10-44(51(36)59-32)47-22-16-35(29-56-47)25-50(64)39-26-40(54(65)62-42-20-23-48(57-30-42)45-11-5-8-37-18-14-33(2)60-52(37)45)28-41(27-39)55(66)63-43-21-24-49(58-31-43)46-12-6-9-38-19-15-34(3)61-53(38)46/h4-24,29-31,39-41H,25-28H2,1-3H3,(H,62,65)(H,63,66). The number of ketones is 1. The van der Waals surface area contributed by atoms with Gasteiger partial charge >= 0.3 is 0 Å². The maximum absolute atomic E-state index is 14.2. The maximum atomic E-state index is 14.2. The van der Waals surface area contributed by atoms with E-state index in [2.05, 4.69) is 16.7 Å². The highest BCUT2D eigenvalue weighted by Crippen LogP contribution is 2.37. The van der Waals surface area contributed by atoms with Gasteiger partial charge in [-0.15, -0.1) is 0 Å². The SMILES string of the molecule is Cc1ccc2cccc(-c3ccc(CC(=O)C4CC(C(=O)Nc5ccc(-c6cccc7ccc(C)nc67)nc5)CC(C(=O)Nc5ccc(-c6cccc7ccc(C)nc67)nc5)C4)cn3)c2n1. The Labute approximate surface area is 381 Å². The molecule has 9 aromatic rings. The van der Waals surface area contributed by atoms with Crippen molar-refractivity contribution in [1.29, 1.82) is 0 Å². The monoisotopic (exact) mass is 866 g/mol. The molecule has 2 atom stereocenters. The van der Waals surface area contributed by atoms with Crippen molar-refractivity contribution in [2.24, 2.45) is 17.8 Å². The molecule has 0 radical (unpaired) electrons. The normalized spacial score (nSPS) is 16.0. The number of hydrogen-bond acceptors (Lipinski definition) is 9. The number of Topliss-reactive ketones (excluding diaryl/α,β-unsaturated/α-hetero) is 1. The highest BCUT2D eigenvalue weighted by molar-refractivity contribution is 5.98. The first kappa shape index (κ1) is 41.9. The summed E-state index contributed by atoms with van der Waals surface area (Å²) in [6.45, 7) is 5.88. The number of anilines is 2. The third kappa shape index (κ3) is 8.75. The van der Waals surface area contributed by atoms with Crippen LogP contribution in [0.15, 0.2) is 146 Å². The molecule has 324 valence electrons. The molecule has 0 aliphatic heterocycles. The van der Waals surface area contributed by atoms with Crippen LogP contribution in [0.3, 0.4) is 0 Å². The van der Waals surface area contributed by atoms with E-state index in [1.807, 2.05) is 142 Å². The first-order chi connectivity index (χ1) is 32.1. The van der Waals surface area contributed by atoms with Crippen LogP contribution in [0, 0.1) is 38.5 Å². The number of aryl methyl sites for hydroxylation is 3. The number of carbonyl (C=O) groups is 3. The second-order valence-corrected chi connectivity index (χ2v) is 17.3. The molecule has 1 saturated carbocycles. The minimum Gasteiger partial charge on any atom is -0.324 e. The van der Waals surface area contributed by atoms with Crippen LogP contribution in [0.5, 0.6) is 0 Å². The topological polar surface area (TPSA) is 153 Å². The molecule has 11 nitrogen and oxygen atoms in total. The summed E-state index contributed by atoms with van der Waals surface area (Å²) in [6, 6.07) is 41.3. The summed E-state index contributed by atoms with van der Waals surface area (Å²) in [5, 5.41) is 9.14. The highest BCUT2D eigenvalue weighted by atomic mass is 16.2. The molecule has 2 N–H and O–H groups in total. The number of hydrogen-bond donors (Lipinski definition) is 2.